The first-order valence-corrected chi connectivity index (χ1v) is 6.90. The highest BCUT2D eigenvalue weighted by atomic mass is 35.5. The second-order valence-corrected chi connectivity index (χ2v) is 5.48. The molecule has 0 bridgehead atoms. The van der Waals surface area contributed by atoms with Gasteiger partial charge >= 0.3 is 0 Å². The number of aromatic nitrogens is 3. The number of aromatic amines is 1. The molecule has 0 amide bonds. The number of halogens is 1. The van der Waals surface area contributed by atoms with E-state index in [0.717, 1.165) is 11.8 Å². The number of rotatable bonds is 5. The van der Waals surface area contributed by atoms with Gasteiger partial charge in [-0.3, -0.25) is 10.1 Å². The van der Waals surface area contributed by atoms with Crippen molar-refractivity contribution in [1.82, 2.24) is 20.1 Å². The summed E-state index contributed by atoms with van der Waals surface area (Å²) < 4.78 is 0. The van der Waals surface area contributed by atoms with Crippen LogP contribution in [0, 0.1) is 10.1 Å². The molecule has 0 atom stereocenters. The Hall–Kier alpha value is -2.13. The molecular formula is C11H11ClN6O2S. The van der Waals surface area contributed by atoms with E-state index in [1.165, 1.54) is 12.1 Å². The minimum Gasteiger partial charge on any atom is -0.369 e. The van der Waals surface area contributed by atoms with Crippen LogP contribution in [0.25, 0.3) is 0 Å². The average molecular weight is 327 g/mol. The van der Waals surface area contributed by atoms with Crippen LogP contribution >= 0.6 is 23.4 Å². The van der Waals surface area contributed by atoms with Crippen LogP contribution in [-0.4, -0.2) is 45.4 Å². The third-order valence-corrected chi connectivity index (χ3v) is 3.63. The number of nitro benzene ring substituents is 1. The summed E-state index contributed by atoms with van der Waals surface area (Å²) in [6.07, 6.45) is 1.56. The lowest BCUT2D eigenvalue weighted by atomic mass is 10.3. The third-order valence-electron chi connectivity index (χ3n) is 2.20. The van der Waals surface area contributed by atoms with E-state index < -0.39 is 4.92 Å². The number of nitro groups is 1. The Morgan fingerprint density at radius 3 is 2.95 bits per heavy atom. The molecule has 0 fully saturated rings. The Balaban J connectivity index is 2.25. The highest BCUT2D eigenvalue weighted by Crippen LogP contribution is 2.38. The van der Waals surface area contributed by atoms with Gasteiger partial charge in [-0.1, -0.05) is 17.7 Å². The minimum absolute atomic E-state index is 0.0874. The van der Waals surface area contributed by atoms with Gasteiger partial charge in [0.15, 0.2) is 0 Å². The molecule has 110 valence electrons. The van der Waals surface area contributed by atoms with Gasteiger partial charge < -0.3 is 4.90 Å². The van der Waals surface area contributed by atoms with Gasteiger partial charge in [-0.25, -0.2) is 10.1 Å². The Bertz CT molecular complexity index is 687. The molecule has 0 radical (unpaired) electrons. The van der Waals surface area contributed by atoms with Crippen molar-refractivity contribution < 1.29 is 4.92 Å². The van der Waals surface area contributed by atoms with Crippen molar-refractivity contribution >= 4 is 41.3 Å². The van der Waals surface area contributed by atoms with Crippen LogP contribution in [0.2, 0.25) is 5.02 Å². The van der Waals surface area contributed by atoms with E-state index in [1.807, 2.05) is 14.1 Å². The summed E-state index contributed by atoms with van der Waals surface area (Å²) in [6.45, 7) is 0. The number of hydrogen-bond donors (Lipinski definition) is 1. The van der Waals surface area contributed by atoms with Gasteiger partial charge in [0, 0.05) is 20.2 Å². The van der Waals surface area contributed by atoms with Gasteiger partial charge in [0.1, 0.15) is 4.90 Å². The van der Waals surface area contributed by atoms with E-state index in [9.17, 15) is 10.1 Å². The molecule has 1 aromatic heterocycles. The molecule has 1 heterocycles. The summed E-state index contributed by atoms with van der Waals surface area (Å²) in [4.78, 5) is 20.7. The lowest BCUT2D eigenvalue weighted by Gasteiger charge is -2.01. The Labute approximate surface area is 129 Å². The molecule has 1 aromatic carbocycles. The van der Waals surface area contributed by atoms with Crippen molar-refractivity contribution in [2.45, 2.75) is 10.1 Å². The van der Waals surface area contributed by atoms with Gasteiger partial charge in [0.05, 0.1) is 16.3 Å². The van der Waals surface area contributed by atoms with E-state index in [4.69, 9.17) is 11.6 Å². The largest absolute Gasteiger partial charge is 0.369 e. The first-order valence-electron chi connectivity index (χ1n) is 5.71. The number of hydrogen-bond acceptors (Lipinski definition) is 6. The number of H-pyrrole nitrogens is 1. The minimum atomic E-state index is -0.494. The summed E-state index contributed by atoms with van der Waals surface area (Å²) in [5.41, 5.74) is -0.0874. The zero-order valence-corrected chi connectivity index (χ0v) is 12.7. The van der Waals surface area contributed by atoms with E-state index in [0.29, 0.717) is 16.0 Å². The first kappa shape index (κ1) is 15.3. The van der Waals surface area contributed by atoms with Gasteiger partial charge in [0.2, 0.25) is 11.1 Å². The second kappa shape index (κ2) is 6.55. The van der Waals surface area contributed by atoms with Gasteiger partial charge in [0.25, 0.3) is 5.69 Å². The molecule has 2 aromatic rings. The predicted octanol–water partition coefficient (Wildman–Crippen LogP) is 2.74. The monoisotopic (exact) mass is 326 g/mol. The van der Waals surface area contributed by atoms with Crippen LogP contribution in [-0.2, 0) is 0 Å². The fourth-order valence-electron chi connectivity index (χ4n) is 1.35. The van der Waals surface area contributed by atoms with Crippen LogP contribution in [0.1, 0.15) is 0 Å². The molecule has 2 rings (SSSR count). The van der Waals surface area contributed by atoms with Crippen molar-refractivity contribution in [2.75, 3.05) is 14.1 Å². The molecule has 0 aliphatic rings. The lowest BCUT2D eigenvalue weighted by Crippen LogP contribution is -2.07. The lowest BCUT2D eigenvalue weighted by molar-refractivity contribution is -0.387. The summed E-state index contributed by atoms with van der Waals surface area (Å²) in [5.74, 6) is 0.306. The zero-order chi connectivity index (χ0) is 15.4. The molecule has 10 heteroatoms. The topological polar surface area (TPSA) is 100 Å². The highest BCUT2D eigenvalue weighted by Gasteiger charge is 2.19. The van der Waals surface area contributed by atoms with Crippen molar-refractivity contribution in [1.29, 1.82) is 0 Å². The quantitative estimate of drug-likeness (QED) is 0.392. The standard InChI is InChI=1S/C11H11ClN6O2S/c1-17(2)6-13-10-14-11(16-15-10)21-9-7(12)4-3-5-8(9)18(19)20/h3-6H,1-2H3,(H,14,15,16)/b13-6+. The fraction of sp³-hybridized carbons (Fsp3) is 0.182. The summed E-state index contributed by atoms with van der Waals surface area (Å²) in [6, 6.07) is 4.48. The van der Waals surface area contributed by atoms with E-state index in [1.54, 1.807) is 17.3 Å². The zero-order valence-electron chi connectivity index (χ0n) is 11.1. The number of benzene rings is 1. The molecule has 0 saturated carbocycles. The maximum Gasteiger partial charge on any atom is 0.284 e. The van der Waals surface area contributed by atoms with Gasteiger partial charge in [-0.2, -0.15) is 4.98 Å². The predicted molar refractivity (Wildman–Crippen MR) is 80.5 cm³/mol. The third kappa shape index (κ3) is 3.92. The van der Waals surface area contributed by atoms with E-state index in [-0.39, 0.29) is 10.7 Å². The molecule has 8 nitrogen and oxygen atoms in total. The number of nitrogens with zero attached hydrogens (tertiary/aromatic N) is 5. The molecular weight excluding hydrogens is 316 g/mol. The van der Waals surface area contributed by atoms with Gasteiger partial charge in [-0.05, 0) is 17.8 Å². The molecule has 21 heavy (non-hydrogen) atoms. The van der Waals surface area contributed by atoms with Crippen LogP contribution < -0.4 is 0 Å². The van der Waals surface area contributed by atoms with Gasteiger partial charge in [-0.15, -0.1) is 5.10 Å². The van der Waals surface area contributed by atoms with Crippen LogP contribution in [0.5, 0.6) is 0 Å². The Morgan fingerprint density at radius 1 is 1.52 bits per heavy atom. The van der Waals surface area contributed by atoms with Crippen molar-refractivity contribution in [2.24, 2.45) is 4.99 Å². The normalized spacial score (nSPS) is 11.0. The molecule has 0 unspecified atom stereocenters. The second-order valence-electron chi connectivity index (χ2n) is 4.10. The van der Waals surface area contributed by atoms with Crippen molar-refractivity contribution in [3.63, 3.8) is 0 Å². The van der Waals surface area contributed by atoms with Crippen LogP contribution in [0.3, 0.4) is 0 Å². The highest BCUT2D eigenvalue weighted by molar-refractivity contribution is 7.99. The SMILES string of the molecule is CN(C)/C=N/c1nc(Sc2c(Cl)cccc2[N+](=O)[O-])n[nH]1. The molecule has 0 spiro atoms. The molecule has 1 N–H and O–H groups in total. The van der Waals surface area contributed by atoms with Crippen LogP contribution in [0.15, 0.2) is 33.2 Å². The maximum absolute atomic E-state index is 11.0. The molecule has 0 aliphatic heterocycles. The molecule has 0 aliphatic carbocycles. The Kier molecular flexibility index (Phi) is 4.76. The number of nitrogens with one attached hydrogen (secondary N) is 1. The maximum atomic E-state index is 11.0. The van der Waals surface area contributed by atoms with Crippen molar-refractivity contribution in [3.8, 4) is 0 Å². The van der Waals surface area contributed by atoms with Crippen LogP contribution in [0.4, 0.5) is 11.6 Å². The fourth-order valence-corrected chi connectivity index (χ4v) is 2.45. The smallest absolute Gasteiger partial charge is 0.284 e. The van der Waals surface area contributed by atoms with Crippen molar-refractivity contribution in [3.05, 3.63) is 33.3 Å². The number of aliphatic imine (C=N–C) groups is 1. The van der Waals surface area contributed by atoms with E-state index >= 15 is 0 Å². The van der Waals surface area contributed by atoms with E-state index in [2.05, 4.69) is 20.2 Å². The summed E-state index contributed by atoms with van der Waals surface area (Å²) >= 11 is 7.02. The Morgan fingerprint density at radius 2 is 2.29 bits per heavy atom. The first-order chi connectivity index (χ1) is 9.97. The average Bonchev–Trinajstić information content (AvgIpc) is 2.86. The molecule has 0 saturated heterocycles. The summed E-state index contributed by atoms with van der Waals surface area (Å²) in [5, 5.41) is 18.2. The summed E-state index contributed by atoms with van der Waals surface area (Å²) in [7, 11) is 3.64.